The Morgan fingerprint density at radius 3 is 2.67 bits per heavy atom. The molecule has 7 nitrogen and oxygen atoms in total. The maximum atomic E-state index is 12.2. The second-order valence-electron chi connectivity index (χ2n) is 7.49. The van der Waals surface area contributed by atoms with Crippen molar-refractivity contribution in [2.45, 2.75) is 25.3 Å². The second-order valence-corrected chi connectivity index (χ2v) is 7.49. The highest BCUT2D eigenvalue weighted by molar-refractivity contribution is 5.52. The zero-order chi connectivity index (χ0) is 20.9. The van der Waals surface area contributed by atoms with E-state index < -0.39 is 0 Å². The van der Waals surface area contributed by atoms with Crippen molar-refractivity contribution in [1.82, 2.24) is 19.9 Å². The van der Waals surface area contributed by atoms with Crippen molar-refractivity contribution in [3.05, 3.63) is 70.4 Å². The molecule has 1 aliphatic heterocycles. The standard InChI is InChI=1S/C23H26N4O3/c1-29-19-6-5-18(21(12-19)30-2)15-27-10-7-16(8-11-27)20-13-22(28)26-23(25-20)17-4-3-9-24-14-17/h3-6,9,12-14,16H,7-8,10-11,15H2,1-2H3,(H,25,26,28). The minimum Gasteiger partial charge on any atom is -0.497 e. The lowest BCUT2D eigenvalue weighted by Crippen LogP contribution is -2.33. The average Bonchev–Trinajstić information content (AvgIpc) is 2.80. The van der Waals surface area contributed by atoms with Crippen LogP contribution in [0.1, 0.15) is 30.0 Å². The van der Waals surface area contributed by atoms with Crippen LogP contribution in [0.4, 0.5) is 0 Å². The quantitative estimate of drug-likeness (QED) is 0.677. The van der Waals surface area contributed by atoms with Gasteiger partial charge in [0.2, 0.25) is 0 Å². The van der Waals surface area contributed by atoms with E-state index >= 15 is 0 Å². The molecule has 30 heavy (non-hydrogen) atoms. The molecule has 0 aliphatic carbocycles. The Kier molecular flexibility index (Phi) is 6.09. The number of benzene rings is 1. The number of hydrogen-bond donors (Lipinski definition) is 1. The molecule has 0 spiro atoms. The van der Waals surface area contributed by atoms with Crippen LogP contribution in [0.2, 0.25) is 0 Å². The van der Waals surface area contributed by atoms with Gasteiger partial charge in [0, 0.05) is 48.1 Å². The lowest BCUT2D eigenvalue weighted by atomic mass is 9.93. The molecule has 3 aromatic rings. The predicted molar refractivity (Wildman–Crippen MR) is 115 cm³/mol. The third-order valence-electron chi connectivity index (χ3n) is 5.59. The lowest BCUT2D eigenvalue weighted by Gasteiger charge is -2.32. The number of aromatic nitrogens is 3. The van der Waals surface area contributed by atoms with E-state index in [1.165, 1.54) is 0 Å². The number of rotatable bonds is 6. The fourth-order valence-corrected chi connectivity index (χ4v) is 3.94. The number of hydrogen-bond acceptors (Lipinski definition) is 6. The molecule has 0 amide bonds. The Hall–Kier alpha value is -3.19. The van der Waals surface area contributed by atoms with Gasteiger partial charge in [-0.2, -0.15) is 0 Å². The molecule has 1 fully saturated rings. The first-order chi connectivity index (χ1) is 14.7. The van der Waals surface area contributed by atoms with Gasteiger partial charge >= 0.3 is 0 Å². The van der Waals surface area contributed by atoms with Crippen molar-refractivity contribution in [3.63, 3.8) is 0 Å². The summed E-state index contributed by atoms with van der Waals surface area (Å²) in [6.07, 6.45) is 5.34. The fraction of sp³-hybridized carbons (Fsp3) is 0.348. The first-order valence-corrected chi connectivity index (χ1v) is 10.1. The summed E-state index contributed by atoms with van der Waals surface area (Å²) in [5.74, 6) is 2.49. The molecule has 4 rings (SSSR count). The van der Waals surface area contributed by atoms with E-state index in [0.29, 0.717) is 5.82 Å². The molecule has 0 unspecified atom stereocenters. The zero-order valence-electron chi connectivity index (χ0n) is 17.3. The van der Waals surface area contributed by atoms with Gasteiger partial charge in [-0.1, -0.05) is 6.07 Å². The minimum absolute atomic E-state index is 0.121. The summed E-state index contributed by atoms with van der Waals surface area (Å²) >= 11 is 0. The summed E-state index contributed by atoms with van der Waals surface area (Å²) in [4.78, 5) is 26.3. The smallest absolute Gasteiger partial charge is 0.251 e. The van der Waals surface area contributed by atoms with E-state index in [4.69, 9.17) is 14.5 Å². The van der Waals surface area contributed by atoms with Gasteiger partial charge in [0.25, 0.3) is 5.56 Å². The van der Waals surface area contributed by atoms with Crippen molar-refractivity contribution in [3.8, 4) is 22.9 Å². The van der Waals surface area contributed by atoms with Crippen LogP contribution in [0.5, 0.6) is 11.5 Å². The summed E-state index contributed by atoms with van der Waals surface area (Å²) in [6, 6.07) is 11.3. The van der Waals surface area contributed by atoms with Gasteiger partial charge in [-0.3, -0.25) is 14.7 Å². The lowest BCUT2D eigenvalue weighted by molar-refractivity contribution is 0.201. The van der Waals surface area contributed by atoms with Crippen LogP contribution in [-0.4, -0.2) is 47.2 Å². The highest BCUT2D eigenvalue weighted by Gasteiger charge is 2.23. The van der Waals surface area contributed by atoms with Crippen LogP contribution >= 0.6 is 0 Å². The molecule has 3 heterocycles. The van der Waals surface area contributed by atoms with Crippen molar-refractivity contribution in [2.24, 2.45) is 0 Å². The molecule has 0 saturated carbocycles. The minimum atomic E-state index is -0.121. The molecule has 0 bridgehead atoms. The van der Waals surface area contributed by atoms with Gasteiger partial charge in [0.1, 0.15) is 17.3 Å². The van der Waals surface area contributed by atoms with Crippen molar-refractivity contribution in [1.29, 1.82) is 0 Å². The number of pyridine rings is 1. The number of nitrogens with zero attached hydrogens (tertiary/aromatic N) is 3. The van der Waals surface area contributed by atoms with Gasteiger partial charge in [-0.05, 0) is 44.1 Å². The van der Waals surface area contributed by atoms with Crippen LogP contribution in [0, 0.1) is 0 Å². The Bertz CT molecular complexity index is 1040. The van der Waals surface area contributed by atoms with E-state index in [1.54, 1.807) is 32.7 Å². The third kappa shape index (κ3) is 4.52. The summed E-state index contributed by atoms with van der Waals surface area (Å²) in [5, 5.41) is 0. The molecule has 0 radical (unpaired) electrons. The molecule has 1 aromatic carbocycles. The summed E-state index contributed by atoms with van der Waals surface area (Å²) in [5.41, 5.74) is 2.70. The van der Waals surface area contributed by atoms with Gasteiger partial charge < -0.3 is 14.5 Å². The number of aromatic amines is 1. The van der Waals surface area contributed by atoms with Crippen LogP contribution < -0.4 is 15.0 Å². The zero-order valence-corrected chi connectivity index (χ0v) is 17.3. The SMILES string of the molecule is COc1ccc(CN2CCC(c3cc(=O)[nH]c(-c4cccnc4)n3)CC2)c(OC)c1. The normalized spacial score (nSPS) is 15.1. The Morgan fingerprint density at radius 2 is 1.97 bits per heavy atom. The summed E-state index contributed by atoms with van der Waals surface area (Å²) in [7, 11) is 3.34. The highest BCUT2D eigenvalue weighted by Crippen LogP contribution is 2.30. The fourth-order valence-electron chi connectivity index (χ4n) is 3.94. The molecule has 1 N–H and O–H groups in total. The largest absolute Gasteiger partial charge is 0.497 e. The molecular weight excluding hydrogens is 380 g/mol. The van der Waals surface area contributed by atoms with E-state index in [9.17, 15) is 4.79 Å². The first-order valence-electron chi connectivity index (χ1n) is 10.1. The number of likely N-dealkylation sites (tertiary alicyclic amines) is 1. The maximum absolute atomic E-state index is 12.2. The molecule has 1 saturated heterocycles. The Morgan fingerprint density at radius 1 is 1.13 bits per heavy atom. The van der Waals surface area contributed by atoms with Gasteiger partial charge in [0.05, 0.1) is 19.9 Å². The van der Waals surface area contributed by atoms with Crippen LogP contribution in [0.3, 0.4) is 0 Å². The van der Waals surface area contributed by atoms with Crippen LogP contribution in [-0.2, 0) is 6.54 Å². The van der Waals surface area contributed by atoms with Gasteiger partial charge in [-0.15, -0.1) is 0 Å². The van der Waals surface area contributed by atoms with Gasteiger partial charge in [-0.25, -0.2) is 4.98 Å². The molecule has 0 atom stereocenters. The van der Waals surface area contributed by atoms with Crippen molar-refractivity contribution >= 4 is 0 Å². The van der Waals surface area contributed by atoms with Crippen LogP contribution in [0.25, 0.3) is 11.4 Å². The first kappa shape index (κ1) is 20.1. The van der Waals surface area contributed by atoms with Crippen LogP contribution in [0.15, 0.2) is 53.6 Å². The monoisotopic (exact) mass is 406 g/mol. The maximum Gasteiger partial charge on any atom is 0.251 e. The van der Waals surface area contributed by atoms with E-state index in [1.807, 2.05) is 24.3 Å². The highest BCUT2D eigenvalue weighted by atomic mass is 16.5. The van der Waals surface area contributed by atoms with E-state index in [-0.39, 0.29) is 11.5 Å². The predicted octanol–water partition coefficient (Wildman–Crippen LogP) is 3.23. The molecule has 2 aromatic heterocycles. The molecule has 1 aliphatic rings. The molecule has 156 valence electrons. The third-order valence-corrected chi connectivity index (χ3v) is 5.59. The Balaban J connectivity index is 1.44. The van der Waals surface area contributed by atoms with Gasteiger partial charge in [0.15, 0.2) is 0 Å². The molecular formula is C23H26N4O3. The molecule has 7 heteroatoms. The number of piperidine rings is 1. The summed E-state index contributed by atoms with van der Waals surface area (Å²) < 4.78 is 10.8. The number of ether oxygens (including phenoxy) is 2. The Labute approximate surface area is 175 Å². The van der Waals surface area contributed by atoms with E-state index in [2.05, 4.69) is 20.9 Å². The van der Waals surface area contributed by atoms with E-state index in [0.717, 1.165) is 60.8 Å². The number of methoxy groups -OCH3 is 2. The number of nitrogens with one attached hydrogen (secondary N) is 1. The summed E-state index contributed by atoms with van der Waals surface area (Å²) in [6.45, 7) is 2.71. The average molecular weight is 406 g/mol. The van der Waals surface area contributed by atoms with Crippen molar-refractivity contribution in [2.75, 3.05) is 27.3 Å². The second kappa shape index (κ2) is 9.09. The number of H-pyrrole nitrogens is 1. The topological polar surface area (TPSA) is 80.3 Å². The van der Waals surface area contributed by atoms with Crippen molar-refractivity contribution < 1.29 is 9.47 Å².